The number of aryl methyl sites for hydroxylation is 1. The Morgan fingerprint density at radius 1 is 1.62 bits per heavy atom. The lowest BCUT2D eigenvalue weighted by atomic mass is 10.4. The van der Waals surface area contributed by atoms with Crippen molar-refractivity contribution in [2.75, 3.05) is 12.4 Å². The van der Waals surface area contributed by atoms with Crippen molar-refractivity contribution >= 4 is 17.6 Å². The third kappa shape index (κ3) is 1.88. The summed E-state index contributed by atoms with van der Waals surface area (Å²) in [6.07, 6.45) is 1.55. The van der Waals surface area contributed by atoms with Crippen molar-refractivity contribution in [2.45, 2.75) is 6.92 Å². The molecular weight excluding hydrogens is 212 g/mol. The van der Waals surface area contributed by atoms with Gasteiger partial charge in [0.05, 0.1) is 19.1 Å². The van der Waals surface area contributed by atoms with Gasteiger partial charge in [0.1, 0.15) is 5.76 Å². The molecule has 2 heterocycles. The van der Waals surface area contributed by atoms with Crippen LogP contribution in [-0.2, 0) is 4.74 Å². The van der Waals surface area contributed by atoms with Crippen LogP contribution in [0.5, 0.6) is 0 Å². The normalized spacial score (nSPS) is 10.1. The van der Waals surface area contributed by atoms with Gasteiger partial charge in [0.15, 0.2) is 0 Å². The summed E-state index contributed by atoms with van der Waals surface area (Å²) < 4.78 is 9.58. The predicted octanol–water partition coefficient (Wildman–Crippen LogP) is 1.24. The quantitative estimate of drug-likeness (QED) is 0.759. The second kappa shape index (κ2) is 4.05. The molecule has 7 heteroatoms. The Kier molecular flexibility index (Phi) is 2.59. The lowest BCUT2D eigenvalue weighted by Crippen LogP contribution is -2.03. The first kappa shape index (κ1) is 10.2. The number of aromatic amines is 1. The molecule has 0 spiro atoms. The zero-order chi connectivity index (χ0) is 11.5. The molecule has 0 saturated heterocycles. The SMILES string of the molecule is COC(=O)c1nc(Nc2ccoc2C)n[nH]1. The maximum Gasteiger partial charge on any atom is 0.375 e. The van der Waals surface area contributed by atoms with Gasteiger partial charge in [-0.05, 0) is 6.92 Å². The van der Waals surface area contributed by atoms with Gasteiger partial charge < -0.3 is 14.5 Å². The molecule has 2 aromatic heterocycles. The van der Waals surface area contributed by atoms with Crippen LogP contribution in [0.3, 0.4) is 0 Å². The Labute approximate surface area is 90.8 Å². The van der Waals surface area contributed by atoms with Gasteiger partial charge in [-0.25, -0.2) is 4.79 Å². The third-order valence-corrected chi connectivity index (χ3v) is 1.97. The molecule has 0 fully saturated rings. The summed E-state index contributed by atoms with van der Waals surface area (Å²) >= 11 is 0. The zero-order valence-corrected chi connectivity index (χ0v) is 8.77. The monoisotopic (exact) mass is 222 g/mol. The highest BCUT2D eigenvalue weighted by Crippen LogP contribution is 2.18. The van der Waals surface area contributed by atoms with Gasteiger partial charge in [0.2, 0.25) is 11.8 Å². The van der Waals surface area contributed by atoms with Crippen LogP contribution in [0.2, 0.25) is 0 Å². The van der Waals surface area contributed by atoms with Crippen molar-refractivity contribution < 1.29 is 13.9 Å². The molecule has 0 aromatic carbocycles. The predicted molar refractivity (Wildman–Crippen MR) is 54.4 cm³/mol. The second-order valence-corrected chi connectivity index (χ2v) is 3.01. The largest absolute Gasteiger partial charge is 0.467 e. The number of nitrogens with one attached hydrogen (secondary N) is 2. The molecule has 0 bridgehead atoms. The zero-order valence-electron chi connectivity index (χ0n) is 8.77. The van der Waals surface area contributed by atoms with E-state index < -0.39 is 5.97 Å². The number of ether oxygens (including phenoxy) is 1. The minimum absolute atomic E-state index is 0.0474. The van der Waals surface area contributed by atoms with Crippen LogP contribution in [0, 0.1) is 6.92 Å². The second-order valence-electron chi connectivity index (χ2n) is 3.01. The molecule has 7 nitrogen and oxygen atoms in total. The van der Waals surface area contributed by atoms with Gasteiger partial charge >= 0.3 is 5.97 Å². The third-order valence-electron chi connectivity index (χ3n) is 1.97. The number of H-pyrrole nitrogens is 1. The van der Waals surface area contributed by atoms with Crippen molar-refractivity contribution in [3.63, 3.8) is 0 Å². The summed E-state index contributed by atoms with van der Waals surface area (Å²) in [6, 6.07) is 1.74. The van der Waals surface area contributed by atoms with Crippen molar-refractivity contribution in [1.29, 1.82) is 0 Å². The van der Waals surface area contributed by atoms with Crippen LogP contribution in [0.25, 0.3) is 0 Å². The Morgan fingerprint density at radius 3 is 3.06 bits per heavy atom. The molecule has 16 heavy (non-hydrogen) atoms. The van der Waals surface area contributed by atoms with Crippen LogP contribution >= 0.6 is 0 Å². The lowest BCUT2D eigenvalue weighted by molar-refractivity contribution is 0.0587. The number of rotatable bonds is 3. The number of hydrogen-bond donors (Lipinski definition) is 2. The Balaban J connectivity index is 2.14. The van der Waals surface area contributed by atoms with E-state index in [2.05, 4.69) is 25.2 Å². The van der Waals surface area contributed by atoms with Gasteiger partial charge in [-0.3, -0.25) is 5.10 Å². The molecule has 2 aromatic rings. The van der Waals surface area contributed by atoms with Crippen molar-refractivity contribution in [3.05, 3.63) is 23.9 Å². The van der Waals surface area contributed by atoms with Crippen LogP contribution in [0.15, 0.2) is 16.7 Å². The van der Waals surface area contributed by atoms with Crippen LogP contribution in [0.4, 0.5) is 11.6 Å². The highest BCUT2D eigenvalue weighted by Gasteiger charge is 2.12. The van der Waals surface area contributed by atoms with E-state index in [0.717, 1.165) is 5.69 Å². The molecule has 0 atom stereocenters. The Morgan fingerprint density at radius 2 is 2.44 bits per heavy atom. The van der Waals surface area contributed by atoms with Gasteiger partial charge in [-0.1, -0.05) is 0 Å². The number of methoxy groups -OCH3 is 1. The minimum Gasteiger partial charge on any atom is -0.467 e. The van der Waals surface area contributed by atoms with Crippen molar-refractivity contribution in [2.24, 2.45) is 0 Å². The molecule has 0 unspecified atom stereocenters. The molecule has 0 aliphatic rings. The highest BCUT2D eigenvalue weighted by atomic mass is 16.5. The highest BCUT2D eigenvalue weighted by molar-refractivity contribution is 5.85. The topological polar surface area (TPSA) is 93.0 Å². The number of esters is 1. The number of aromatic nitrogens is 3. The van der Waals surface area contributed by atoms with E-state index in [9.17, 15) is 4.79 Å². The molecule has 2 N–H and O–H groups in total. The summed E-state index contributed by atoms with van der Waals surface area (Å²) in [4.78, 5) is 15.0. The first-order valence-corrected chi connectivity index (χ1v) is 4.52. The molecule has 0 saturated carbocycles. The molecular formula is C9H10N4O3. The van der Waals surface area contributed by atoms with E-state index in [1.165, 1.54) is 7.11 Å². The summed E-state index contributed by atoms with van der Waals surface area (Å²) in [7, 11) is 1.28. The Bertz CT molecular complexity index is 502. The van der Waals surface area contributed by atoms with E-state index in [1.807, 2.05) is 0 Å². The summed E-state index contributed by atoms with van der Waals surface area (Å²) in [5.41, 5.74) is 0.746. The van der Waals surface area contributed by atoms with Gasteiger partial charge in [0, 0.05) is 6.07 Å². The summed E-state index contributed by atoms with van der Waals surface area (Å²) in [5.74, 6) is 0.477. The van der Waals surface area contributed by atoms with Gasteiger partial charge in [-0.15, -0.1) is 5.10 Å². The maximum atomic E-state index is 11.1. The number of furan rings is 1. The van der Waals surface area contributed by atoms with E-state index in [4.69, 9.17) is 4.42 Å². The summed E-state index contributed by atoms with van der Waals surface area (Å²) in [5, 5.41) is 9.17. The number of nitrogens with zero attached hydrogens (tertiary/aromatic N) is 2. The number of anilines is 2. The van der Waals surface area contributed by atoms with Crippen LogP contribution in [0.1, 0.15) is 16.4 Å². The van der Waals surface area contributed by atoms with Crippen LogP contribution < -0.4 is 5.32 Å². The van der Waals surface area contributed by atoms with Gasteiger partial charge in [-0.2, -0.15) is 4.98 Å². The number of hydrogen-bond acceptors (Lipinski definition) is 6. The van der Waals surface area contributed by atoms with E-state index >= 15 is 0 Å². The number of carbonyl (C=O) groups is 1. The fourth-order valence-corrected chi connectivity index (χ4v) is 1.14. The van der Waals surface area contributed by atoms with E-state index in [-0.39, 0.29) is 11.8 Å². The van der Waals surface area contributed by atoms with Crippen LogP contribution in [-0.4, -0.2) is 28.3 Å². The smallest absolute Gasteiger partial charge is 0.375 e. The average Bonchev–Trinajstić information content (AvgIpc) is 2.89. The molecule has 84 valence electrons. The molecule has 0 radical (unpaired) electrons. The Hall–Kier alpha value is -2.31. The molecule has 0 aliphatic heterocycles. The average molecular weight is 222 g/mol. The van der Waals surface area contributed by atoms with Gasteiger partial charge in [0.25, 0.3) is 0 Å². The molecule has 2 rings (SSSR count). The first-order chi connectivity index (χ1) is 7.70. The fraction of sp³-hybridized carbons (Fsp3) is 0.222. The van der Waals surface area contributed by atoms with E-state index in [0.29, 0.717) is 5.76 Å². The minimum atomic E-state index is -0.565. The lowest BCUT2D eigenvalue weighted by Gasteiger charge is -1.97. The van der Waals surface area contributed by atoms with Crippen molar-refractivity contribution in [3.8, 4) is 0 Å². The maximum absolute atomic E-state index is 11.1. The molecule has 0 amide bonds. The fourth-order valence-electron chi connectivity index (χ4n) is 1.14. The number of carbonyl (C=O) groups excluding carboxylic acids is 1. The molecule has 0 aliphatic carbocycles. The summed E-state index contributed by atoms with van der Waals surface area (Å²) in [6.45, 7) is 1.80. The van der Waals surface area contributed by atoms with E-state index in [1.54, 1.807) is 19.3 Å². The van der Waals surface area contributed by atoms with Crippen molar-refractivity contribution in [1.82, 2.24) is 15.2 Å². The standard InChI is InChI=1S/C9H10N4O3/c1-5-6(3-4-16-5)10-9-11-7(12-13-9)8(14)15-2/h3-4H,1-2H3,(H2,10,11,12,13). The first-order valence-electron chi connectivity index (χ1n) is 4.52.